The third-order valence-corrected chi connectivity index (χ3v) is 4.56. The zero-order chi connectivity index (χ0) is 17.7. The van der Waals surface area contributed by atoms with Crippen molar-refractivity contribution in [2.45, 2.75) is 33.7 Å². The average Bonchev–Trinajstić information content (AvgIpc) is 2.51. The second-order valence-corrected chi connectivity index (χ2v) is 7.07. The molecule has 1 fully saturated rings. The van der Waals surface area contributed by atoms with Crippen LogP contribution in [0, 0.1) is 13.8 Å². The molecule has 1 aliphatic heterocycles. The van der Waals surface area contributed by atoms with Crippen LogP contribution in [0.5, 0.6) is 0 Å². The van der Waals surface area contributed by atoms with Gasteiger partial charge in [-0.15, -0.1) is 0 Å². The lowest BCUT2D eigenvalue weighted by Gasteiger charge is -2.36. The Bertz CT molecular complexity index is 574. The van der Waals surface area contributed by atoms with Crippen molar-refractivity contribution in [1.29, 1.82) is 0 Å². The van der Waals surface area contributed by atoms with Gasteiger partial charge in [-0.1, -0.05) is 18.2 Å². The topological polar surface area (TPSA) is 47.6 Å². The van der Waals surface area contributed by atoms with Gasteiger partial charge in [0.1, 0.15) is 0 Å². The van der Waals surface area contributed by atoms with Crippen molar-refractivity contribution in [3.63, 3.8) is 0 Å². The van der Waals surface area contributed by atoms with Gasteiger partial charge in [-0.3, -0.25) is 9.69 Å². The lowest BCUT2D eigenvalue weighted by molar-refractivity contribution is -0.117. The van der Waals surface area contributed by atoms with Crippen LogP contribution in [-0.4, -0.2) is 59.6 Å². The van der Waals surface area contributed by atoms with Crippen molar-refractivity contribution in [1.82, 2.24) is 15.1 Å². The maximum Gasteiger partial charge on any atom is 0.238 e. The number of para-hydroxylation sites is 1. The summed E-state index contributed by atoms with van der Waals surface area (Å²) in [5.74, 6) is 0.0451. The summed E-state index contributed by atoms with van der Waals surface area (Å²) in [6.07, 6.45) is 0. The Morgan fingerprint density at radius 1 is 1.17 bits per heavy atom. The van der Waals surface area contributed by atoms with Crippen molar-refractivity contribution >= 4 is 28.9 Å². The van der Waals surface area contributed by atoms with Crippen LogP contribution >= 0.6 is 12.2 Å². The molecule has 0 saturated carbocycles. The van der Waals surface area contributed by atoms with Gasteiger partial charge in [-0.05, 0) is 51.0 Å². The quantitative estimate of drug-likeness (QED) is 0.817. The second-order valence-electron chi connectivity index (χ2n) is 6.68. The largest absolute Gasteiger partial charge is 0.360 e. The molecule has 0 spiro atoms. The summed E-state index contributed by atoms with van der Waals surface area (Å²) in [7, 11) is 0. The molecular formula is C18H28N4OS. The SMILES string of the molecule is Cc1cccc(C)c1NC(=O)CN1CCN(C(=S)NC(C)C)CC1. The smallest absolute Gasteiger partial charge is 0.238 e. The molecule has 0 aromatic heterocycles. The van der Waals surface area contributed by atoms with Crippen LogP contribution in [0.1, 0.15) is 25.0 Å². The molecule has 2 N–H and O–H groups in total. The first-order valence-electron chi connectivity index (χ1n) is 8.50. The number of hydrogen-bond acceptors (Lipinski definition) is 3. The second kappa shape index (κ2) is 8.44. The zero-order valence-electron chi connectivity index (χ0n) is 15.1. The van der Waals surface area contributed by atoms with E-state index in [4.69, 9.17) is 12.2 Å². The molecule has 0 aliphatic carbocycles. The zero-order valence-corrected chi connectivity index (χ0v) is 15.9. The van der Waals surface area contributed by atoms with Gasteiger partial charge in [0.25, 0.3) is 0 Å². The summed E-state index contributed by atoms with van der Waals surface area (Å²) < 4.78 is 0. The molecule has 1 aliphatic rings. The van der Waals surface area contributed by atoms with Gasteiger partial charge in [0.15, 0.2) is 5.11 Å². The highest BCUT2D eigenvalue weighted by atomic mass is 32.1. The molecule has 0 radical (unpaired) electrons. The number of aryl methyl sites for hydroxylation is 2. The van der Waals surface area contributed by atoms with Crippen LogP contribution in [0.25, 0.3) is 0 Å². The van der Waals surface area contributed by atoms with E-state index < -0.39 is 0 Å². The lowest BCUT2D eigenvalue weighted by atomic mass is 10.1. The Labute approximate surface area is 150 Å². The number of benzene rings is 1. The summed E-state index contributed by atoms with van der Waals surface area (Å²) in [5.41, 5.74) is 3.13. The van der Waals surface area contributed by atoms with Gasteiger partial charge in [0, 0.05) is 37.9 Å². The highest BCUT2D eigenvalue weighted by Gasteiger charge is 2.21. The summed E-state index contributed by atoms with van der Waals surface area (Å²) in [6.45, 7) is 12.0. The highest BCUT2D eigenvalue weighted by Crippen LogP contribution is 2.19. The molecule has 1 amide bonds. The Kier molecular flexibility index (Phi) is 6.57. The standard InChI is InChI=1S/C18H28N4OS/c1-13(2)19-18(24)22-10-8-21(9-11-22)12-16(23)20-17-14(3)6-5-7-15(17)4/h5-7,13H,8-12H2,1-4H3,(H,19,24)(H,20,23). The summed E-state index contributed by atoms with van der Waals surface area (Å²) in [5, 5.41) is 7.14. The molecule has 6 heteroatoms. The van der Waals surface area contributed by atoms with Crippen molar-refractivity contribution in [3.8, 4) is 0 Å². The third-order valence-electron chi connectivity index (χ3n) is 4.18. The van der Waals surface area contributed by atoms with E-state index in [-0.39, 0.29) is 5.91 Å². The van der Waals surface area contributed by atoms with Crippen LogP contribution in [-0.2, 0) is 4.79 Å². The van der Waals surface area contributed by atoms with Crippen LogP contribution in [0.3, 0.4) is 0 Å². The van der Waals surface area contributed by atoms with E-state index in [1.165, 1.54) is 0 Å². The number of thiocarbonyl (C=S) groups is 1. The lowest BCUT2D eigenvalue weighted by Crippen LogP contribution is -2.53. The molecule has 0 unspecified atom stereocenters. The number of hydrogen-bond donors (Lipinski definition) is 2. The molecule has 24 heavy (non-hydrogen) atoms. The molecule has 132 valence electrons. The summed E-state index contributed by atoms with van der Waals surface area (Å²) in [4.78, 5) is 16.7. The maximum atomic E-state index is 12.3. The first-order chi connectivity index (χ1) is 11.4. The Balaban J connectivity index is 1.81. The number of nitrogens with one attached hydrogen (secondary N) is 2. The van der Waals surface area contributed by atoms with Crippen molar-refractivity contribution in [2.75, 3.05) is 38.0 Å². The van der Waals surface area contributed by atoms with E-state index in [1.54, 1.807) is 0 Å². The van der Waals surface area contributed by atoms with Crippen LogP contribution in [0.4, 0.5) is 5.69 Å². The molecule has 5 nitrogen and oxygen atoms in total. The highest BCUT2D eigenvalue weighted by molar-refractivity contribution is 7.80. The van der Waals surface area contributed by atoms with E-state index >= 15 is 0 Å². The van der Waals surface area contributed by atoms with Crippen LogP contribution < -0.4 is 10.6 Å². The predicted molar refractivity (Wildman–Crippen MR) is 103 cm³/mol. The molecule has 1 saturated heterocycles. The molecule has 0 atom stereocenters. The Morgan fingerprint density at radius 3 is 2.29 bits per heavy atom. The fraction of sp³-hybridized carbons (Fsp3) is 0.556. The monoisotopic (exact) mass is 348 g/mol. The maximum absolute atomic E-state index is 12.3. The third kappa shape index (κ3) is 5.18. The van der Waals surface area contributed by atoms with Crippen LogP contribution in [0.15, 0.2) is 18.2 Å². The van der Waals surface area contributed by atoms with Gasteiger partial charge in [0.2, 0.25) is 5.91 Å². The number of piperazine rings is 1. The van der Waals surface area contributed by atoms with Gasteiger partial charge in [0.05, 0.1) is 6.54 Å². The minimum absolute atomic E-state index is 0.0451. The molecular weight excluding hydrogens is 320 g/mol. The molecule has 2 rings (SSSR count). The number of nitrogens with zero attached hydrogens (tertiary/aromatic N) is 2. The summed E-state index contributed by atoms with van der Waals surface area (Å²) >= 11 is 5.41. The van der Waals surface area contributed by atoms with Gasteiger partial charge in [-0.2, -0.15) is 0 Å². The van der Waals surface area contributed by atoms with E-state index in [0.29, 0.717) is 12.6 Å². The average molecular weight is 349 g/mol. The number of rotatable bonds is 4. The van der Waals surface area contributed by atoms with Gasteiger partial charge in [-0.25, -0.2) is 0 Å². The Hall–Kier alpha value is -1.66. The summed E-state index contributed by atoms with van der Waals surface area (Å²) in [6, 6.07) is 6.39. The van der Waals surface area contributed by atoms with E-state index in [1.807, 2.05) is 32.0 Å². The number of anilines is 1. The molecule has 0 bridgehead atoms. The van der Waals surface area contributed by atoms with E-state index in [0.717, 1.165) is 48.1 Å². The number of carbonyl (C=O) groups is 1. The van der Waals surface area contributed by atoms with Crippen molar-refractivity contribution < 1.29 is 4.79 Å². The molecule has 1 aromatic carbocycles. The number of carbonyl (C=O) groups excluding carboxylic acids is 1. The van der Waals surface area contributed by atoms with Gasteiger partial charge < -0.3 is 15.5 Å². The fourth-order valence-electron chi connectivity index (χ4n) is 2.84. The minimum atomic E-state index is 0.0451. The van der Waals surface area contributed by atoms with Crippen molar-refractivity contribution in [2.24, 2.45) is 0 Å². The fourth-order valence-corrected chi connectivity index (χ4v) is 3.26. The van der Waals surface area contributed by atoms with E-state index in [2.05, 4.69) is 34.3 Å². The molecule has 1 heterocycles. The first-order valence-corrected chi connectivity index (χ1v) is 8.91. The first kappa shape index (κ1) is 18.7. The van der Waals surface area contributed by atoms with E-state index in [9.17, 15) is 4.79 Å². The Morgan fingerprint density at radius 2 is 1.75 bits per heavy atom. The predicted octanol–water partition coefficient (Wildman–Crippen LogP) is 2.14. The van der Waals surface area contributed by atoms with Crippen LogP contribution in [0.2, 0.25) is 0 Å². The van der Waals surface area contributed by atoms with Crippen molar-refractivity contribution in [3.05, 3.63) is 29.3 Å². The normalized spacial score (nSPS) is 15.5. The number of amides is 1. The minimum Gasteiger partial charge on any atom is -0.360 e. The van der Waals surface area contributed by atoms with Gasteiger partial charge >= 0.3 is 0 Å². The molecule has 1 aromatic rings.